The van der Waals surface area contributed by atoms with Crippen LogP contribution in [0.1, 0.15) is 18.2 Å². The first-order valence-corrected chi connectivity index (χ1v) is 10.4. The van der Waals surface area contributed by atoms with Crippen molar-refractivity contribution >= 4 is 5.91 Å². The van der Waals surface area contributed by atoms with Gasteiger partial charge in [-0.2, -0.15) is 5.10 Å². The van der Waals surface area contributed by atoms with Gasteiger partial charge in [-0.1, -0.05) is 25.1 Å². The van der Waals surface area contributed by atoms with Crippen molar-refractivity contribution in [3.8, 4) is 17.3 Å². The summed E-state index contributed by atoms with van der Waals surface area (Å²) in [4.78, 5) is 14.3. The molecule has 0 saturated carbocycles. The van der Waals surface area contributed by atoms with Gasteiger partial charge in [-0.15, -0.1) is 0 Å². The number of carbonyl (C=O) groups excluding carboxylic acids is 1. The van der Waals surface area contributed by atoms with Crippen LogP contribution in [-0.4, -0.2) is 54.6 Å². The molecule has 0 aliphatic heterocycles. The highest BCUT2D eigenvalue weighted by Crippen LogP contribution is 2.32. The molecule has 1 heterocycles. The molecular weight excluding hydrogens is 413 g/mol. The summed E-state index contributed by atoms with van der Waals surface area (Å²) in [5.74, 6) is 0.615. The Hall–Kier alpha value is -3.23. The number of carbonyl (C=O) groups is 1. The third-order valence-corrected chi connectivity index (χ3v) is 4.92. The van der Waals surface area contributed by atoms with E-state index < -0.39 is 0 Å². The molecule has 0 spiro atoms. The summed E-state index contributed by atoms with van der Waals surface area (Å²) in [7, 11) is 3.08. The zero-order chi connectivity index (χ0) is 22.9. The lowest BCUT2D eigenvalue weighted by molar-refractivity contribution is -0.136. The van der Waals surface area contributed by atoms with Gasteiger partial charge in [0.1, 0.15) is 18.2 Å². The van der Waals surface area contributed by atoms with Gasteiger partial charge in [0.2, 0.25) is 11.8 Å². The van der Waals surface area contributed by atoms with Crippen molar-refractivity contribution in [2.75, 3.05) is 34.0 Å². The Kier molecular flexibility index (Phi) is 8.35. The van der Waals surface area contributed by atoms with Crippen LogP contribution in [0.3, 0.4) is 0 Å². The number of aryl methyl sites for hydroxylation is 1. The van der Waals surface area contributed by atoms with E-state index >= 15 is 0 Å². The number of benzene rings is 2. The number of methoxy groups -OCH3 is 2. The Balaban J connectivity index is 2.07. The van der Waals surface area contributed by atoms with Gasteiger partial charge in [-0.3, -0.25) is 4.79 Å². The fraction of sp³-hybridized carbons (Fsp3) is 0.333. The monoisotopic (exact) mass is 441 g/mol. The molecule has 2 aromatic carbocycles. The Morgan fingerprint density at radius 2 is 1.78 bits per heavy atom. The van der Waals surface area contributed by atoms with Crippen LogP contribution in [-0.2, 0) is 27.2 Å². The van der Waals surface area contributed by atoms with E-state index in [4.69, 9.17) is 19.3 Å². The highest BCUT2D eigenvalue weighted by Gasteiger charge is 2.24. The molecule has 0 fully saturated rings. The summed E-state index contributed by atoms with van der Waals surface area (Å²) in [6, 6.07) is 15.4. The average molecular weight is 442 g/mol. The van der Waals surface area contributed by atoms with Crippen LogP contribution < -0.4 is 4.74 Å². The number of hydrogen-bond donors (Lipinski definition) is 0. The number of nitrogens with zero attached hydrogens (tertiary/aromatic N) is 3. The predicted octanol–water partition coefficient (Wildman–Crippen LogP) is 3.99. The van der Waals surface area contributed by atoms with E-state index in [0.717, 1.165) is 11.3 Å². The van der Waals surface area contributed by atoms with Gasteiger partial charge in [0.15, 0.2) is 0 Å². The smallest absolute Gasteiger partial charge is 0.248 e. The minimum Gasteiger partial charge on any atom is -0.439 e. The SMILES string of the molecule is CCc1nn(-c2ccc(F)cc2)c(Oc2ccccc2)c1CN(CCOC)C(=O)COC. The summed E-state index contributed by atoms with van der Waals surface area (Å²) in [6.45, 7) is 3.01. The standard InChI is InChI=1S/C24H28FN3O4/c1-4-22-21(16-27(14-15-30-2)23(29)17-31-3)24(32-20-8-6-5-7-9-20)28(26-22)19-12-10-18(25)11-13-19/h5-13H,4,14-17H2,1-3H3. The van der Waals surface area contributed by atoms with E-state index in [1.807, 2.05) is 37.3 Å². The molecule has 0 bridgehead atoms. The molecule has 0 aliphatic carbocycles. The first kappa shape index (κ1) is 23.4. The van der Waals surface area contributed by atoms with Crippen LogP contribution in [0.15, 0.2) is 54.6 Å². The van der Waals surface area contributed by atoms with Gasteiger partial charge < -0.3 is 19.1 Å². The maximum atomic E-state index is 13.5. The molecule has 170 valence electrons. The summed E-state index contributed by atoms with van der Waals surface area (Å²) in [5, 5.41) is 4.73. The third-order valence-electron chi connectivity index (χ3n) is 4.92. The molecular formula is C24H28FN3O4. The third kappa shape index (κ3) is 5.72. The van der Waals surface area contributed by atoms with E-state index in [1.54, 1.807) is 28.8 Å². The van der Waals surface area contributed by atoms with Crippen molar-refractivity contribution in [1.29, 1.82) is 0 Å². The molecule has 32 heavy (non-hydrogen) atoms. The van der Waals surface area contributed by atoms with Crippen molar-refractivity contribution in [3.05, 3.63) is 71.7 Å². The topological polar surface area (TPSA) is 65.8 Å². The molecule has 3 rings (SSSR count). The zero-order valence-electron chi connectivity index (χ0n) is 18.6. The van der Waals surface area contributed by atoms with Gasteiger partial charge in [-0.25, -0.2) is 9.07 Å². The highest BCUT2D eigenvalue weighted by molar-refractivity contribution is 5.77. The van der Waals surface area contributed by atoms with Crippen LogP contribution in [0.4, 0.5) is 4.39 Å². The molecule has 0 atom stereocenters. The van der Waals surface area contributed by atoms with E-state index in [9.17, 15) is 9.18 Å². The summed E-state index contributed by atoms with van der Waals surface area (Å²) < 4.78 is 31.7. The number of hydrogen-bond acceptors (Lipinski definition) is 5. The first-order chi connectivity index (χ1) is 15.6. The zero-order valence-corrected chi connectivity index (χ0v) is 18.6. The highest BCUT2D eigenvalue weighted by atomic mass is 19.1. The second-order valence-electron chi connectivity index (χ2n) is 7.13. The minimum absolute atomic E-state index is 0.0356. The molecule has 0 N–H and O–H groups in total. The van der Waals surface area contributed by atoms with Crippen molar-refractivity contribution in [1.82, 2.24) is 14.7 Å². The molecule has 1 aromatic heterocycles. The Morgan fingerprint density at radius 1 is 1.06 bits per heavy atom. The second kappa shape index (κ2) is 11.4. The lowest BCUT2D eigenvalue weighted by Gasteiger charge is -2.23. The predicted molar refractivity (Wildman–Crippen MR) is 119 cm³/mol. The molecule has 0 radical (unpaired) electrons. The van der Waals surface area contributed by atoms with Crippen LogP contribution in [0.25, 0.3) is 5.69 Å². The fourth-order valence-electron chi connectivity index (χ4n) is 3.28. The number of rotatable bonds is 11. The van der Waals surface area contributed by atoms with Crippen LogP contribution >= 0.6 is 0 Å². The van der Waals surface area contributed by atoms with Crippen LogP contribution in [0.2, 0.25) is 0 Å². The number of halogens is 1. The van der Waals surface area contributed by atoms with E-state index in [2.05, 4.69) is 0 Å². The van der Waals surface area contributed by atoms with Crippen molar-refractivity contribution < 1.29 is 23.4 Å². The van der Waals surface area contributed by atoms with Crippen LogP contribution in [0.5, 0.6) is 11.6 Å². The number of para-hydroxylation sites is 1. The number of ether oxygens (including phenoxy) is 3. The summed E-state index contributed by atoms with van der Waals surface area (Å²) >= 11 is 0. The Morgan fingerprint density at radius 3 is 2.41 bits per heavy atom. The molecule has 3 aromatic rings. The molecule has 0 saturated heterocycles. The summed E-state index contributed by atoms with van der Waals surface area (Å²) in [6.07, 6.45) is 0.630. The first-order valence-electron chi connectivity index (χ1n) is 10.4. The van der Waals surface area contributed by atoms with Gasteiger partial charge >= 0.3 is 0 Å². The lowest BCUT2D eigenvalue weighted by atomic mass is 10.2. The number of aromatic nitrogens is 2. The second-order valence-corrected chi connectivity index (χ2v) is 7.13. The van der Waals surface area contributed by atoms with Crippen molar-refractivity contribution in [3.63, 3.8) is 0 Å². The number of amides is 1. The van der Waals surface area contributed by atoms with E-state index in [-0.39, 0.29) is 24.9 Å². The molecule has 7 nitrogen and oxygen atoms in total. The quantitative estimate of drug-likeness (QED) is 0.450. The fourth-order valence-corrected chi connectivity index (χ4v) is 3.28. The normalized spacial score (nSPS) is 10.9. The van der Waals surface area contributed by atoms with Gasteiger partial charge in [0.05, 0.1) is 30.1 Å². The minimum atomic E-state index is -0.335. The van der Waals surface area contributed by atoms with Gasteiger partial charge in [-0.05, 0) is 42.8 Å². The van der Waals surface area contributed by atoms with Crippen LogP contribution in [0, 0.1) is 5.82 Å². The van der Waals surface area contributed by atoms with Gasteiger partial charge in [0, 0.05) is 20.8 Å². The van der Waals surface area contributed by atoms with Crippen molar-refractivity contribution in [2.24, 2.45) is 0 Å². The molecule has 8 heteroatoms. The molecule has 1 amide bonds. The largest absolute Gasteiger partial charge is 0.439 e. The van der Waals surface area contributed by atoms with E-state index in [0.29, 0.717) is 36.9 Å². The van der Waals surface area contributed by atoms with E-state index in [1.165, 1.54) is 19.2 Å². The maximum Gasteiger partial charge on any atom is 0.248 e. The lowest BCUT2D eigenvalue weighted by Crippen LogP contribution is -2.36. The Labute approximate surface area is 187 Å². The molecule has 0 unspecified atom stereocenters. The average Bonchev–Trinajstić information content (AvgIpc) is 3.14. The summed E-state index contributed by atoms with van der Waals surface area (Å²) in [5.41, 5.74) is 2.22. The van der Waals surface area contributed by atoms with Crippen molar-refractivity contribution in [2.45, 2.75) is 19.9 Å². The van der Waals surface area contributed by atoms with Gasteiger partial charge in [0.25, 0.3) is 0 Å². The maximum absolute atomic E-state index is 13.5. The molecule has 0 aliphatic rings. The Bertz CT molecular complexity index is 1010.